The number of halogens is 1. The average molecular weight is 299 g/mol. The Morgan fingerprint density at radius 2 is 2.32 bits per heavy atom. The molecule has 0 spiro atoms. The number of hydrogen-bond acceptors (Lipinski definition) is 5. The summed E-state index contributed by atoms with van der Waals surface area (Å²) in [5, 5.41) is 10.8. The largest absolute Gasteiger partial charge is 0.494 e. The van der Waals surface area contributed by atoms with E-state index in [2.05, 4.69) is 20.3 Å². The van der Waals surface area contributed by atoms with Crippen LogP contribution in [0.4, 0.5) is 4.39 Å². The van der Waals surface area contributed by atoms with Crippen molar-refractivity contribution in [2.24, 2.45) is 0 Å². The Morgan fingerprint density at radius 1 is 1.45 bits per heavy atom. The number of H-pyrrole nitrogens is 1. The number of imidazole rings is 1. The standard InChI is InChI=1S/C15H14FN5O/c1-22-10(5-17)6-18-8-14-20-13-7-19-12-3-2-9(16)4-11(12)15(13)21-14/h2-7,17-18H,8H2,1H3,(H,20,21)/b10-6+,17-5?. The monoisotopic (exact) mass is 299 g/mol. The van der Waals surface area contributed by atoms with Gasteiger partial charge in [-0.15, -0.1) is 0 Å². The molecule has 0 amide bonds. The molecule has 0 aliphatic rings. The van der Waals surface area contributed by atoms with E-state index in [1.807, 2.05) is 0 Å². The summed E-state index contributed by atoms with van der Waals surface area (Å²) in [6.45, 7) is 0.423. The number of ether oxygens (including phenoxy) is 1. The Balaban J connectivity index is 1.92. The number of benzene rings is 1. The molecule has 7 heteroatoms. The van der Waals surface area contributed by atoms with Gasteiger partial charge in [-0.05, 0) is 18.2 Å². The zero-order valence-corrected chi connectivity index (χ0v) is 11.9. The summed E-state index contributed by atoms with van der Waals surface area (Å²) in [4.78, 5) is 11.8. The number of methoxy groups -OCH3 is 1. The van der Waals surface area contributed by atoms with Crippen LogP contribution in [0.5, 0.6) is 0 Å². The fraction of sp³-hybridized carbons (Fsp3) is 0.133. The molecular formula is C15H14FN5O. The van der Waals surface area contributed by atoms with Crippen LogP contribution in [0.1, 0.15) is 5.82 Å². The van der Waals surface area contributed by atoms with Crippen LogP contribution in [0.2, 0.25) is 0 Å². The smallest absolute Gasteiger partial charge is 0.151 e. The Kier molecular flexibility index (Phi) is 3.69. The second-order valence-corrected chi connectivity index (χ2v) is 4.64. The van der Waals surface area contributed by atoms with Gasteiger partial charge in [0, 0.05) is 11.6 Å². The van der Waals surface area contributed by atoms with E-state index in [1.54, 1.807) is 18.5 Å². The average Bonchev–Trinajstić information content (AvgIpc) is 2.95. The van der Waals surface area contributed by atoms with Crippen LogP contribution in [0.3, 0.4) is 0 Å². The number of allylic oxidation sites excluding steroid dienone is 1. The summed E-state index contributed by atoms with van der Waals surface area (Å²) >= 11 is 0. The molecule has 1 aromatic carbocycles. The van der Waals surface area contributed by atoms with Gasteiger partial charge in [0.2, 0.25) is 0 Å². The van der Waals surface area contributed by atoms with Gasteiger partial charge in [-0.25, -0.2) is 9.37 Å². The first kappa shape index (κ1) is 14.0. The molecule has 0 unspecified atom stereocenters. The zero-order valence-electron chi connectivity index (χ0n) is 11.9. The van der Waals surface area contributed by atoms with Crippen molar-refractivity contribution in [2.75, 3.05) is 7.11 Å². The van der Waals surface area contributed by atoms with Crippen LogP contribution in [0.15, 0.2) is 36.4 Å². The highest BCUT2D eigenvalue weighted by Gasteiger charge is 2.08. The molecule has 0 bridgehead atoms. The lowest BCUT2D eigenvalue weighted by Gasteiger charge is -2.00. The first-order valence-electron chi connectivity index (χ1n) is 6.62. The predicted octanol–water partition coefficient (Wildman–Crippen LogP) is 2.48. The molecular weight excluding hydrogens is 285 g/mol. The van der Waals surface area contributed by atoms with Crippen molar-refractivity contribution in [3.05, 3.63) is 48.0 Å². The van der Waals surface area contributed by atoms with Gasteiger partial charge in [0.1, 0.15) is 17.2 Å². The first-order chi connectivity index (χ1) is 10.7. The van der Waals surface area contributed by atoms with Crippen LogP contribution in [-0.4, -0.2) is 28.3 Å². The number of aromatic amines is 1. The van der Waals surface area contributed by atoms with Crippen molar-refractivity contribution in [3.8, 4) is 0 Å². The highest BCUT2D eigenvalue weighted by Crippen LogP contribution is 2.22. The highest BCUT2D eigenvalue weighted by molar-refractivity contribution is 6.01. The summed E-state index contributed by atoms with van der Waals surface area (Å²) in [5.41, 5.74) is 2.14. The molecule has 6 nitrogen and oxygen atoms in total. The van der Waals surface area contributed by atoms with E-state index in [9.17, 15) is 4.39 Å². The van der Waals surface area contributed by atoms with E-state index in [-0.39, 0.29) is 5.82 Å². The Bertz CT molecular complexity index is 871. The third kappa shape index (κ3) is 2.60. The van der Waals surface area contributed by atoms with Crippen LogP contribution < -0.4 is 5.32 Å². The normalized spacial score (nSPS) is 11.8. The molecule has 0 fully saturated rings. The van der Waals surface area contributed by atoms with Gasteiger partial charge in [0.05, 0.1) is 37.1 Å². The van der Waals surface area contributed by atoms with Crippen LogP contribution in [-0.2, 0) is 11.3 Å². The van der Waals surface area contributed by atoms with E-state index in [1.165, 1.54) is 19.2 Å². The van der Waals surface area contributed by atoms with E-state index in [4.69, 9.17) is 10.1 Å². The van der Waals surface area contributed by atoms with Crippen LogP contribution in [0, 0.1) is 11.2 Å². The maximum absolute atomic E-state index is 13.4. The molecule has 3 aromatic rings. The Labute approximate surface area is 125 Å². The molecule has 0 saturated carbocycles. The molecule has 0 radical (unpaired) electrons. The first-order valence-corrected chi connectivity index (χ1v) is 6.62. The lowest BCUT2D eigenvalue weighted by molar-refractivity contribution is 0.314. The van der Waals surface area contributed by atoms with Crippen molar-refractivity contribution in [1.82, 2.24) is 20.3 Å². The third-order valence-electron chi connectivity index (χ3n) is 3.23. The quantitative estimate of drug-likeness (QED) is 0.499. The van der Waals surface area contributed by atoms with Crippen molar-refractivity contribution in [1.29, 1.82) is 5.41 Å². The maximum Gasteiger partial charge on any atom is 0.151 e. The second-order valence-electron chi connectivity index (χ2n) is 4.64. The van der Waals surface area contributed by atoms with Gasteiger partial charge in [-0.1, -0.05) is 0 Å². The summed E-state index contributed by atoms with van der Waals surface area (Å²) in [5.74, 6) is 0.783. The van der Waals surface area contributed by atoms with E-state index < -0.39 is 0 Å². The molecule has 22 heavy (non-hydrogen) atoms. The van der Waals surface area contributed by atoms with Crippen LogP contribution in [0.25, 0.3) is 21.9 Å². The van der Waals surface area contributed by atoms with E-state index in [0.717, 1.165) is 11.7 Å². The van der Waals surface area contributed by atoms with Crippen LogP contribution >= 0.6 is 0 Å². The number of fused-ring (bicyclic) bond motifs is 3. The molecule has 0 aliphatic heterocycles. The molecule has 2 heterocycles. The molecule has 0 saturated heterocycles. The Hall–Kier alpha value is -2.96. The second kappa shape index (κ2) is 5.80. The fourth-order valence-corrected chi connectivity index (χ4v) is 2.18. The molecule has 3 rings (SSSR count). The van der Waals surface area contributed by atoms with Crippen molar-refractivity contribution >= 4 is 28.2 Å². The lowest BCUT2D eigenvalue weighted by atomic mass is 10.2. The minimum absolute atomic E-state index is 0.310. The summed E-state index contributed by atoms with van der Waals surface area (Å²) < 4.78 is 18.4. The van der Waals surface area contributed by atoms with Gasteiger partial charge >= 0.3 is 0 Å². The minimum Gasteiger partial charge on any atom is -0.494 e. The maximum atomic E-state index is 13.4. The third-order valence-corrected chi connectivity index (χ3v) is 3.23. The highest BCUT2D eigenvalue weighted by atomic mass is 19.1. The summed E-state index contributed by atoms with van der Waals surface area (Å²) in [6, 6.07) is 4.47. The SMILES string of the molecule is CO/C(C=N)=C/NCc1nc2cnc3ccc(F)cc3c2[nH]1. The van der Waals surface area contributed by atoms with E-state index >= 15 is 0 Å². The molecule has 3 N–H and O–H groups in total. The number of rotatable bonds is 5. The van der Waals surface area contributed by atoms with E-state index in [0.29, 0.717) is 34.5 Å². The predicted molar refractivity (Wildman–Crippen MR) is 82.1 cm³/mol. The molecule has 112 valence electrons. The number of nitrogens with one attached hydrogen (secondary N) is 3. The number of pyridine rings is 1. The topological polar surface area (TPSA) is 86.7 Å². The van der Waals surface area contributed by atoms with Gasteiger partial charge < -0.3 is 20.4 Å². The summed E-state index contributed by atoms with van der Waals surface area (Å²) in [6.07, 6.45) is 4.34. The molecule has 2 aromatic heterocycles. The summed E-state index contributed by atoms with van der Waals surface area (Å²) in [7, 11) is 1.49. The number of aromatic nitrogens is 3. The number of hydrogen-bond donors (Lipinski definition) is 3. The molecule has 0 atom stereocenters. The fourth-order valence-electron chi connectivity index (χ4n) is 2.18. The molecule has 0 aliphatic carbocycles. The zero-order chi connectivity index (χ0) is 15.5. The van der Waals surface area contributed by atoms with Gasteiger partial charge in [0.25, 0.3) is 0 Å². The lowest BCUT2D eigenvalue weighted by Crippen LogP contribution is -2.08. The number of nitrogens with zero attached hydrogens (tertiary/aromatic N) is 2. The Morgan fingerprint density at radius 3 is 3.09 bits per heavy atom. The van der Waals surface area contributed by atoms with Gasteiger partial charge in [0.15, 0.2) is 5.76 Å². The van der Waals surface area contributed by atoms with Gasteiger partial charge in [-0.3, -0.25) is 4.98 Å². The van der Waals surface area contributed by atoms with Crippen molar-refractivity contribution < 1.29 is 9.13 Å². The van der Waals surface area contributed by atoms with Gasteiger partial charge in [-0.2, -0.15) is 0 Å². The van der Waals surface area contributed by atoms with Crippen molar-refractivity contribution in [3.63, 3.8) is 0 Å². The van der Waals surface area contributed by atoms with Crippen molar-refractivity contribution in [2.45, 2.75) is 6.54 Å². The minimum atomic E-state index is -0.310.